The molecular formula is C14H13BrN2. The van der Waals surface area contributed by atoms with Gasteiger partial charge in [0.1, 0.15) is 0 Å². The highest BCUT2D eigenvalue weighted by Crippen LogP contribution is 2.27. The second kappa shape index (κ2) is 4.49. The summed E-state index contributed by atoms with van der Waals surface area (Å²) in [7, 11) is 0. The highest BCUT2D eigenvalue weighted by atomic mass is 79.9. The van der Waals surface area contributed by atoms with Crippen LogP contribution in [-0.2, 0) is 12.8 Å². The fraction of sp³-hybridized carbons (Fsp3) is 0.214. The van der Waals surface area contributed by atoms with Crippen molar-refractivity contribution in [1.82, 2.24) is 4.98 Å². The van der Waals surface area contributed by atoms with E-state index in [0.717, 1.165) is 17.3 Å². The van der Waals surface area contributed by atoms with Crippen molar-refractivity contribution in [2.24, 2.45) is 0 Å². The van der Waals surface area contributed by atoms with Crippen molar-refractivity contribution in [1.29, 1.82) is 0 Å². The average Bonchev–Trinajstić information content (AvgIpc) is 2.71. The lowest BCUT2D eigenvalue weighted by molar-refractivity contribution is 0.743. The third-order valence-corrected chi connectivity index (χ3v) is 3.52. The van der Waals surface area contributed by atoms with Crippen LogP contribution in [-0.4, -0.2) is 11.0 Å². The second-order valence-electron chi connectivity index (χ2n) is 4.42. The SMILES string of the molecule is Brc1cncc(CC2Cc3ccccc3N2)c1. The Bertz CT molecular complexity index is 514. The maximum absolute atomic E-state index is 4.20. The van der Waals surface area contributed by atoms with Gasteiger partial charge in [-0.2, -0.15) is 0 Å². The van der Waals surface area contributed by atoms with E-state index < -0.39 is 0 Å². The number of nitrogens with zero attached hydrogens (tertiary/aromatic N) is 1. The van der Waals surface area contributed by atoms with E-state index in [1.807, 2.05) is 12.4 Å². The van der Waals surface area contributed by atoms with E-state index in [0.29, 0.717) is 6.04 Å². The maximum Gasteiger partial charge on any atom is 0.0410 e. The molecule has 1 aliphatic rings. The zero-order chi connectivity index (χ0) is 11.7. The van der Waals surface area contributed by atoms with Crippen molar-refractivity contribution in [2.45, 2.75) is 18.9 Å². The van der Waals surface area contributed by atoms with Gasteiger partial charge in [0.25, 0.3) is 0 Å². The van der Waals surface area contributed by atoms with Crippen molar-refractivity contribution >= 4 is 21.6 Å². The molecule has 0 saturated carbocycles. The van der Waals surface area contributed by atoms with E-state index in [1.54, 1.807) is 0 Å². The van der Waals surface area contributed by atoms with Crippen LogP contribution < -0.4 is 5.32 Å². The summed E-state index contributed by atoms with van der Waals surface area (Å²) in [6.07, 6.45) is 5.87. The quantitative estimate of drug-likeness (QED) is 0.916. The fourth-order valence-corrected chi connectivity index (χ4v) is 2.76. The molecule has 0 spiro atoms. The number of pyridine rings is 1. The summed E-state index contributed by atoms with van der Waals surface area (Å²) in [5.74, 6) is 0. The van der Waals surface area contributed by atoms with Crippen LogP contribution in [0, 0.1) is 0 Å². The van der Waals surface area contributed by atoms with Gasteiger partial charge < -0.3 is 5.32 Å². The van der Waals surface area contributed by atoms with Crippen LogP contribution >= 0.6 is 15.9 Å². The van der Waals surface area contributed by atoms with E-state index in [1.165, 1.54) is 16.8 Å². The van der Waals surface area contributed by atoms with Crippen LogP contribution in [0.4, 0.5) is 5.69 Å². The van der Waals surface area contributed by atoms with Gasteiger partial charge in [-0.3, -0.25) is 4.98 Å². The molecule has 0 radical (unpaired) electrons. The Morgan fingerprint density at radius 3 is 3.00 bits per heavy atom. The Balaban J connectivity index is 1.74. The third kappa shape index (κ3) is 2.34. The molecule has 0 fully saturated rings. The Morgan fingerprint density at radius 1 is 1.29 bits per heavy atom. The molecule has 1 atom stereocenters. The minimum atomic E-state index is 0.489. The number of aromatic nitrogens is 1. The first-order valence-electron chi connectivity index (χ1n) is 5.75. The zero-order valence-corrected chi connectivity index (χ0v) is 10.9. The van der Waals surface area contributed by atoms with Gasteiger partial charge >= 0.3 is 0 Å². The van der Waals surface area contributed by atoms with Crippen LogP contribution in [0.25, 0.3) is 0 Å². The molecule has 2 heterocycles. The highest BCUT2D eigenvalue weighted by Gasteiger charge is 2.19. The molecule has 2 aromatic rings. The summed E-state index contributed by atoms with van der Waals surface area (Å²) in [6, 6.07) is 11.1. The number of halogens is 1. The number of hydrogen-bond donors (Lipinski definition) is 1. The maximum atomic E-state index is 4.20. The second-order valence-corrected chi connectivity index (χ2v) is 5.33. The molecule has 2 nitrogen and oxygen atoms in total. The van der Waals surface area contributed by atoms with E-state index in [9.17, 15) is 0 Å². The monoisotopic (exact) mass is 288 g/mol. The summed E-state index contributed by atoms with van der Waals surface area (Å²) in [5.41, 5.74) is 3.96. The molecule has 1 aromatic heterocycles. The Morgan fingerprint density at radius 2 is 2.18 bits per heavy atom. The van der Waals surface area contributed by atoms with Gasteiger partial charge in [-0.05, 0) is 52.0 Å². The number of fused-ring (bicyclic) bond motifs is 1. The van der Waals surface area contributed by atoms with Crippen LogP contribution in [0.15, 0.2) is 47.2 Å². The van der Waals surface area contributed by atoms with Gasteiger partial charge in [-0.15, -0.1) is 0 Å². The summed E-state index contributed by atoms with van der Waals surface area (Å²) in [4.78, 5) is 4.20. The predicted molar refractivity (Wildman–Crippen MR) is 73.2 cm³/mol. The average molecular weight is 289 g/mol. The normalized spacial score (nSPS) is 17.6. The third-order valence-electron chi connectivity index (χ3n) is 3.09. The van der Waals surface area contributed by atoms with Gasteiger partial charge in [0.05, 0.1) is 0 Å². The molecule has 3 heteroatoms. The van der Waals surface area contributed by atoms with Crippen molar-refractivity contribution < 1.29 is 0 Å². The van der Waals surface area contributed by atoms with Gasteiger partial charge in [-0.1, -0.05) is 18.2 Å². The lowest BCUT2D eigenvalue weighted by atomic mass is 10.0. The van der Waals surface area contributed by atoms with Crippen LogP contribution in [0.1, 0.15) is 11.1 Å². The molecule has 0 bridgehead atoms. The van der Waals surface area contributed by atoms with Crippen molar-refractivity contribution in [2.75, 3.05) is 5.32 Å². The van der Waals surface area contributed by atoms with E-state index in [-0.39, 0.29) is 0 Å². The number of para-hydroxylation sites is 1. The summed E-state index contributed by atoms with van der Waals surface area (Å²) >= 11 is 3.46. The highest BCUT2D eigenvalue weighted by molar-refractivity contribution is 9.10. The van der Waals surface area contributed by atoms with Crippen LogP contribution in [0.2, 0.25) is 0 Å². The van der Waals surface area contributed by atoms with Crippen LogP contribution in [0.5, 0.6) is 0 Å². The molecule has 17 heavy (non-hydrogen) atoms. The minimum Gasteiger partial charge on any atom is -0.381 e. The van der Waals surface area contributed by atoms with Gasteiger partial charge in [0.15, 0.2) is 0 Å². The lowest BCUT2D eigenvalue weighted by Crippen LogP contribution is -2.18. The topological polar surface area (TPSA) is 24.9 Å². The fourth-order valence-electron chi connectivity index (χ4n) is 2.35. The molecule has 1 aliphatic heterocycles. The Hall–Kier alpha value is -1.35. The van der Waals surface area contributed by atoms with Crippen molar-refractivity contribution in [3.05, 3.63) is 58.3 Å². The molecule has 1 unspecified atom stereocenters. The number of anilines is 1. The number of nitrogens with one attached hydrogen (secondary N) is 1. The largest absolute Gasteiger partial charge is 0.381 e. The molecule has 1 aromatic carbocycles. The standard InChI is InChI=1S/C14H13BrN2/c15-12-5-10(8-16-9-12)6-13-7-11-3-1-2-4-14(11)17-13/h1-5,8-9,13,17H,6-7H2. The molecular weight excluding hydrogens is 276 g/mol. The summed E-state index contributed by atoms with van der Waals surface area (Å²) < 4.78 is 1.05. The number of rotatable bonds is 2. The van der Waals surface area contributed by atoms with E-state index in [4.69, 9.17) is 0 Å². The molecule has 86 valence electrons. The van der Waals surface area contributed by atoms with Crippen LogP contribution in [0.3, 0.4) is 0 Å². The summed E-state index contributed by atoms with van der Waals surface area (Å²) in [6.45, 7) is 0. The van der Waals surface area contributed by atoms with Gasteiger partial charge in [-0.25, -0.2) is 0 Å². The zero-order valence-electron chi connectivity index (χ0n) is 9.36. The molecule has 0 saturated heterocycles. The van der Waals surface area contributed by atoms with Crippen molar-refractivity contribution in [3.8, 4) is 0 Å². The Kier molecular flexibility index (Phi) is 2.85. The lowest BCUT2D eigenvalue weighted by Gasteiger charge is -2.11. The molecule has 0 aliphatic carbocycles. The first-order valence-corrected chi connectivity index (χ1v) is 6.54. The smallest absolute Gasteiger partial charge is 0.0410 e. The van der Waals surface area contributed by atoms with Gasteiger partial charge in [0, 0.05) is 28.6 Å². The van der Waals surface area contributed by atoms with E-state index >= 15 is 0 Å². The van der Waals surface area contributed by atoms with Crippen molar-refractivity contribution in [3.63, 3.8) is 0 Å². The number of hydrogen-bond acceptors (Lipinski definition) is 2. The first kappa shape index (κ1) is 10.8. The Labute approximate surface area is 109 Å². The minimum absolute atomic E-state index is 0.489. The van der Waals surface area contributed by atoms with E-state index in [2.05, 4.69) is 56.6 Å². The molecule has 3 rings (SSSR count). The molecule has 0 amide bonds. The molecule has 1 N–H and O–H groups in total. The number of benzene rings is 1. The predicted octanol–water partition coefficient (Wildman–Crippen LogP) is 3.42. The first-order chi connectivity index (χ1) is 8.31. The summed E-state index contributed by atoms with van der Waals surface area (Å²) in [5, 5.41) is 3.56. The van der Waals surface area contributed by atoms with Gasteiger partial charge in [0.2, 0.25) is 0 Å².